The summed E-state index contributed by atoms with van der Waals surface area (Å²) < 4.78 is 33.5. The zero-order chi connectivity index (χ0) is 17.3. The Kier molecular flexibility index (Phi) is 4.91. The summed E-state index contributed by atoms with van der Waals surface area (Å²) in [6, 6.07) is 7.09. The van der Waals surface area contributed by atoms with Crippen LogP contribution in [-0.2, 0) is 14.8 Å². The Morgan fingerprint density at radius 2 is 1.96 bits per heavy atom. The second kappa shape index (κ2) is 6.79. The Hall–Kier alpha value is -1.48. The summed E-state index contributed by atoms with van der Waals surface area (Å²) in [5, 5.41) is 3.80. The number of hydrogen-bond donors (Lipinski definition) is 1. The Morgan fingerprint density at radius 3 is 2.62 bits per heavy atom. The number of esters is 1. The number of ether oxygens (including phenoxy) is 1. The van der Waals surface area contributed by atoms with Gasteiger partial charge in [-0.05, 0) is 32.0 Å². The molecule has 0 bridgehead atoms. The van der Waals surface area contributed by atoms with Crippen LogP contribution in [0.3, 0.4) is 0 Å². The molecule has 1 aliphatic heterocycles. The van der Waals surface area contributed by atoms with Crippen molar-refractivity contribution < 1.29 is 17.9 Å². The normalized spacial score (nSPS) is 16.6. The van der Waals surface area contributed by atoms with Gasteiger partial charge in [0, 0.05) is 23.2 Å². The molecule has 1 N–H and O–H groups in total. The van der Waals surface area contributed by atoms with E-state index in [2.05, 4.69) is 5.32 Å². The van der Waals surface area contributed by atoms with E-state index in [1.807, 2.05) is 12.1 Å². The number of thiophene rings is 1. The number of nitrogens with one attached hydrogen (secondary N) is 1. The molecule has 8 heteroatoms. The lowest BCUT2D eigenvalue weighted by Crippen LogP contribution is -2.44. The number of piperidine rings is 1. The molecular weight excluding hydrogens is 348 g/mol. The third kappa shape index (κ3) is 2.95. The van der Waals surface area contributed by atoms with Gasteiger partial charge in [-0.1, -0.05) is 18.2 Å². The summed E-state index contributed by atoms with van der Waals surface area (Å²) in [6.07, 6.45) is 1.51. The highest BCUT2D eigenvalue weighted by Gasteiger charge is 2.35. The Labute approximate surface area is 145 Å². The molecule has 0 aliphatic carbocycles. The second-order valence-corrected chi connectivity index (χ2v) is 8.74. The van der Waals surface area contributed by atoms with E-state index in [0.29, 0.717) is 5.39 Å². The van der Waals surface area contributed by atoms with E-state index < -0.39 is 16.0 Å². The van der Waals surface area contributed by atoms with Gasteiger partial charge >= 0.3 is 5.97 Å². The molecule has 1 fully saturated rings. The lowest BCUT2D eigenvalue weighted by atomic mass is 10.1. The smallest absolute Gasteiger partial charge is 0.349 e. The van der Waals surface area contributed by atoms with Gasteiger partial charge in [0.2, 0.25) is 10.0 Å². The van der Waals surface area contributed by atoms with Crippen LogP contribution in [-0.4, -0.2) is 52.0 Å². The van der Waals surface area contributed by atoms with Gasteiger partial charge in [-0.25, -0.2) is 13.2 Å². The molecular formula is C16H20N2O4S2. The van der Waals surface area contributed by atoms with E-state index >= 15 is 0 Å². The van der Waals surface area contributed by atoms with Crippen LogP contribution in [0, 0.1) is 0 Å². The third-order valence-corrected chi connectivity index (χ3v) is 7.66. The molecule has 0 spiro atoms. The van der Waals surface area contributed by atoms with E-state index in [0.717, 1.165) is 42.0 Å². The van der Waals surface area contributed by atoms with Crippen molar-refractivity contribution in [3.63, 3.8) is 0 Å². The Bertz CT molecular complexity index is 854. The summed E-state index contributed by atoms with van der Waals surface area (Å²) in [4.78, 5) is 12.3. The molecule has 0 radical (unpaired) electrons. The summed E-state index contributed by atoms with van der Waals surface area (Å²) in [6.45, 7) is 1.58. The summed E-state index contributed by atoms with van der Waals surface area (Å²) in [7, 11) is -0.933. The maximum Gasteiger partial charge on any atom is 0.349 e. The number of carbonyl (C=O) groups excluding carboxylic acids is 1. The first-order valence-corrected chi connectivity index (χ1v) is 10.0. The minimum Gasteiger partial charge on any atom is -0.465 e. The number of rotatable bonds is 4. The Morgan fingerprint density at radius 1 is 1.29 bits per heavy atom. The topological polar surface area (TPSA) is 75.7 Å². The van der Waals surface area contributed by atoms with Gasteiger partial charge in [-0.15, -0.1) is 11.3 Å². The van der Waals surface area contributed by atoms with Gasteiger partial charge in [-0.2, -0.15) is 4.31 Å². The number of carbonyl (C=O) groups is 1. The van der Waals surface area contributed by atoms with Crippen LogP contribution >= 0.6 is 11.3 Å². The van der Waals surface area contributed by atoms with Crippen molar-refractivity contribution in [2.24, 2.45) is 0 Å². The van der Waals surface area contributed by atoms with E-state index in [-0.39, 0.29) is 15.8 Å². The first-order valence-electron chi connectivity index (χ1n) is 7.75. The average Bonchev–Trinajstić information content (AvgIpc) is 3.01. The van der Waals surface area contributed by atoms with Crippen LogP contribution in [0.15, 0.2) is 29.2 Å². The summed E-state index contributed by atoms with van der Waals surface area (Å²) in [5.41, 5.74) is 0. The molecule has 1 aliphatic rings. The molecule has 130 valence electrons. The van der Waals surface area contributed by atoms with Gasteiger partial charge in [-0.3, -0.25) is 0 Å². The number of fused-ring (bicyclic) bond motifs is 1. The van der Waals surface area contributed by atoms with Crippen molar-refractivity contribution in [3.8, 4) is 0 Å². The quantitative estimate of drug-likeness (QED) is 0.836. The number of sulfonamides is 1. The minimum atomic E-state index is -3.79. The Balaban J connectivity index is 2.13. The van der Waals surface area contributed by atoms with E-state index in [4.69, 9.17) is 4.74 Å². The van der Waals surface area contributed by atoms with Crippen molar-refractivity contribution in [1.82, 2.24) is 9.62 Å². The van der Waals surface area contributed by atoms with Gasteiger partial charge in [0.1, 0.15) is 9.77 Å². The van der Waals surface area contributed by atoms with Gasteiger partial charge < -0.3 is 10.1 Å². The van der Waals surface area contributed by atoms with E-state index in [1.165, 1.54) is 11.4 Å². The van der Waals surface area contributed by atoms with Crippen LogP contribution in [0.4, 0.5) is 0 Å². The maximum atomic E-state index is 13.3. The zero-order valence-electron chi connectivity index (χ0n) is 13.6. The molecule has 1 aromatic heterocycles. The zero-order valence-corrected chi connectivity index (χ0v) is 15.2. The molecule has 1 saturated heterocycles. The average molecular weight is 368 g/mol. The number of benzene rings is 1. The van der Waals surface area contributed by atoms with Crippen LogP contribution in [0.1, 0.15) is 22.5 Å². The molecule has 6 nitrogen and oxygen atoms in total. The van der Waals surface area contributed by atoms with Crippen molar-refractivity contribution in [1.29, 1.82) is 0 Å². The van der Waals surface area contributed by atoms with Crippen LogP contribution in [0.2, 0.25) is 0 Å². The number of nitrogens with zero attached hydrogens (tertiary/aromatic N) is 1. The van der Waals surface area contributed by atoms with Crippen LogP contribution in [0.25, 0.3) is 10.1 Å². The highest BCUT2D eigenvalue weighted by atomic mass is 32.2. The van der Waals surface area contributed by atoms with Gasteiger partial charge in [0.15, 0.2) is 0 Å². The van der Waals surface area contributed by atoms with Crippen molar-refractivity contribution in [2.75, 3.05) is 27.2 Å². The first kappa shape index (κ1) is 17.3. The lowest BCUT2D eigenvalue weighted by Gasteiger charge is -2.30. The molecule has 0 atom stereocenters. The summed E-state index contributed by atoms with van der Waals surface area (Å²) >= 11 is 1.15. The van der Waals surface area contributed by atoms with Crippen molar-refractivity contribution in [2.45, 2.75) is 23.8 Å². The molecule has 2 heterocycles. The highest BCUT2D eigenvalue weighted by molar-refractivity contribution is 7.89. The first-order chi connectivity index (χ1) is 11.5. The maximum absolute atomic E-state index is 13.3. The van der Waals surface area contributed by atoms with Crippen molar-refractivity contribution in [3.05, 3.63) is 29.1 Å². The molecule has 1 aromatic carbocycles. The lowest BCUT2D eigenvalue weighted by molar-refractivity contribution is 0.0602. The van der Waals surface area contributed by atoms with Crippen LogP contribution in [0.5, 0.6) is 0 Å². The SMILES string of the molecule is COC(=O)c1sc2ccccc2c1S(=O)(=O)N(C)C1CCNCC1. The fourth-order valence-electron chi connectivity index (χ4n) is 3.02. The highest BCUT2D eigenvalue weighted by Crippen LogP contribution is 2.37. The standard InChI is InChI=1S/C16H20N2O4S2/c1-18(11-7-9-17-10-8-11)24(20,21)15-12-5-3-4-6-13(12)23-14(15)16(19)22-2/h3-6,11,17H,7-10H2,1-2H3. The van der Waals surface area contributed by atoms with E-state index in [9.17, 15) is 13.2 Å². The monoisotopic (exact) mass is 368 g/mol. The minimum absolute atomic E-state index is 0.0657. The van der Waals surface area contributed by atoms with E-state index in [1.54, 1.807) is 19.2 Å². The number of methoxy groups -OCH3 is 1. The van der Waals surface area contributed by atoms with Crippen molar-refractivity contribution >= 4 is 37.4 Å². The van der Waals surface area contributed by atoms with Gasteiger partial charge in [0.25, 0.3) is 0 Å². The molecule has 0 amide bonds. The summed E-state index contributed by atoms with van der Waals surface area (Å²) in [5.74, 6) is -0.617. The molecule has 0 unspecified atom stereocenters. The van der Waals surface area contributed by atoms with Gasteiger partial charge in [0.05, 0.1) is 7.11 Å². The third-order valence-electron chi connectivity index (χ3n) is 4.38. The fourth-order valence-corrected chi connectivity index (χ4v) is 6.20. The fraction of sp³-hybridized carbons (Fsp3) is 0.438. The van der Waals surface area contributed by atoms with Crippen LogP contribution < -0.4 is 5.32 Å². The largest absolute Gasteiger partial charge is 0.465 e. The second-order valence-electron chi connectivity index (χ2n) is 5.75. The molecule has 3 rings (SSSR count). The molecule has 2 aromatic rings. The number of hydrogen-bond acceptors (Lipinski definition) is 6. The molecule has 0 saturated carbocycles. The predicted octanol–water partition coefficient (Wildman–Crippen LogP) is 2.06. The molecule has 24 heavy (non-hydrogen) atoms. The predicted molar refractivity (Wildman–Crippen MR) is 94.0 cm³/mol.